The van der Waals surface area contributed by atoms with Crippen LogP contribution >= 0.6 is 0 Å². The Kier molecular flexibility index (Phi) is 6.19. The van der Waals surface area contributed by atoms with Crippen LogP contribution in [0.15, 0.2) is 12.2 Å². The fourth-order valence-corrected chi connectivity index (χ4v) is 0.877. The fourth-order valence-electron chi connectivity index (χ4n) is 0.877. The molecule has 0 aliphatic carbocycles. The first-order valence-corrected chi connectivity index (χ1v) is 4.52. The van der Waals surface area contributed by atoms with Crippen LogP contribution in [0.2, 0.25) is 0 Å². The molecule has 4 N–H and O–H groups in total. The van der Waals surface area contributed by atoms with Gasteiger partial charge in [0.25, 0.3) is 0 Å². The van der Waals surface area contributed by atoms with Crippen LogP contribution in [0, 0.1) is 0 Å². The van der Waals surface area contributed by atoms with Crippen LogP contribution in [0.3, 0.4) is 0 Å². The van der Waals surface area contributed by atoms with E-state index >= 15 is 0 Å². The Labute approximate surface area is 83.7 Å². The van der Waals surface area contributed by atoms with Gasteiger partial charge in [-0.25, -0.2) is 4.79 Å². The van der Waals surface area contributed by atoms with Crippen molar-refractivity contribution >= 4 is 11.9 Å². The molecule has 0 aromatic carbocycles. The summed E-state index contributed by atoms with van der Waals surface area (Å²) >= 11 is 0. The van der Waals surface area contributed by atoms with Gasteiger partial charge in [-0.2, -0.15) is 0 Å². The van der Waals surface area contributed by atoms with Crippen LogP contribution in [-0.2, 0) is 4.79 Å². The quantitative estimate of drug-likeness (QED) is 0.434. The van der Waals surface area contributed by atoms with Gasteiger partial charge in [-0.1, -0.05) is 12.2 Å². The van der Waals surface area contributed by atoms with Crippen LogP contribution in [0.4, 0.5) is 4.79 Å². The number of primary amides is 1. The van der Waals surface area contributed by atoms with Crippen LogP contribution in [0.5, 0.6) is 0 Å². The molecule has 1 atom stereocenters. The number of carbonyl (C=O) groups excluding carboxylic acids is 2. The first-order chi connectivity index (χ1) is 6.57. The van der Waals surface area contributed by atoms with Crippen molar-refractivity contribution in [1.82, 2.24) is 10.6 Å². The molecule has 0 aromatic rings. The molecule has 1 unspecified atom stereocenters. The van der Waals surface area contributed by atoms with E-state index in [1.807, 2.05) is 19.1 Å². The van der Waals surface area contributed by atoms with E-state index in [-0.39, 0.29) is 5.91 Å². The molecule has 0 heterocycles. The van der Waals surface area contributed by atoms with Gasteiger partial charge >= 0.3 is 6.03 Å². The van der Waals surface area contributed by atoms with Crippen molar-refractivity contribution in [1.29, 1.82) is 0 Å². The normalized spacial score (nSPS) is 12.4. The zero-order valence-electron chi connectivity index (χ0n) is 8.54. The molecule has 0 spiro atoms. The Bertz CT molecular complexity index is 226. The maximum atomic E-state index is 11.2. The topological polar surface area (TPSA) is 84.2 Å². The molecule has 0 bridgehead atoms. The minimum Gasteiger partial charge on any atom is -0.354 e. The monoisotopic (exact) mass is 199 g/mol. The Balaban J connectivity index is 3.67. The molecule has 0 aromatic heterocycles. The van der Waals surface area contributed by atoms with Gasteiger partial charge in [0.05, 0.1) is 0 Å². The highest BCUT2D eigenvalue weighted by Crippen LogP contribution is 1.84. The molecule has 0 fully saturated rings. The minimum atomic E-state index is -0.693. The second-order valence-corrected chi connectivity index (χ2v) is 2.88. The summed E-state index contributed by atoms with van der Waals surface area (Å²) in [5.74, 6) is -0.228. The lowest BCUT2D eigenvalue weighted by molar-refractivity contribution is -0.122. The zero-order chi connectivity index (χ0) is 11.0. The molecule has 0 radical (unpaired) electrons. The average Bonchev–Trinajstić information content (AvgIpc) is 2.11. The summed E-state index contributed by atoms with van der Waals surface area (Å²) in [5.41, 5.74) is 4.87. The van der Waals surface area contributed by atoms with E-state index in [2.05, 4.69) is 10.6 Å². The standard InChI is InChI=1S/C9H17N3O2/c1-3-4-5-6-11-8(13)7(2)12-9(10)14/h3-4,7H,5-6H2,1-2H3,(H,11,13)(H3,10,12,14)/b4-3+. The van der Waals surface area contributed by atoms with Crippen molar-refractivity contribution in [2.75, 3.05) is 6.54 Å². The van der Waals surface area contributed by atoms with Gasteiger partial charge in [0, 0.05) is 6.54 Å². The summed E-state index contributed by atoms with van der Waals surface area (Å²) in [6.07, 6.45) is 4.65. The van der Waals surface area contributed by atoms with Crippen molar-refractivity contribution in [2.45, 2.75) is 26.3 Å². The van der Waals surface area contributed by atoms with Crippen molar-refractivity contribution in [3.05, 3.63) is 12.2 Å². The van der Waals surface area contributed by atoms with Crippen LogP contribution in [0.1, 0.15) is 20.3 Å². The molecule has 5 heteroatoms. The number of allylic oxidation sites excluding steroid dienone is 1. The van der Waals surface area contributed by atoms with Gasteiger partial charge in [0.1, 0.15) is 6.04 Å². The SMILES string of the molecule is C/C=C/CCNC(=O)C(C)NC(N)=O. The summed E-state index contributed by atoms with van der Waals surface area (Å²) in [5, 5.41) is 4.95. The zero-order valence-corrected chi connectivity index (χ0v) is 8.54. The van der Waals surface area contributed by atoms with E-state index in [1.165, 1.54) is 0 Å². The fraction of sp³-hybridized carbons (Fsp3) is 0.556. The lowest BCUT2D eigenvalue weighted by Gasteiger charge is -2.11. The molecule has 80 valence electrons. The highest BCUT2D eigenvalue weighted by molar-refractivity contribution is 5.86. The van der Waals surface area contributed by atoms with Gasteiger partial charge in [-0.15, -0.1) is 0 Å². The number of urea groups is 1. The van der Waals surface area contributed by atoms with Gasteiger partial charge in [-0.3, -0.25) is 4.79 Å². The summed E-state index contributed by atoms with van der Waals surface area (Å²) in [7, 11) is 0. The second kappa shape index (κ2) is 6.94. The minimum absolute atomic E-state index is 0.228. The van der Waals surface area contributed by atoms with Gasteiger partial charge in [0.2, 0.25) is 5.91 Å². The molecule has 14 heavy (non-hydrogen) atoms. The number of rotatable bonds is 5. The van der Waals surface area contributed by atoms with Crippen LogP contribution in [0.25, 0.3) is 0 Å². The molecule has 0 saturated heterocycles. The third-order valence-corrected chi connectivity index (χ3v) is 1.60. The lowest BCUT2D eigenvalue weighted by Crippen LogP contribution is -2.46. The van der Waals surface area contributed by atoms with Crippen LogP contribution < -0.4 is 16.4 Å². The molecule has 0 aliphatic rings. The highest BCUT2D eigenvalue weighted by Gasteiger charge is 2.12. The summed E-state index contributed by atoms with van der Waals surface area (Å²) in [6, 6.07) is -1.28. The van der Waals surface area contributed by atoms with E-state index in [4.69, 9.17) is 5.73 Å². The maximum Gasteiger partial charge on any atom is 0.312 e. The summed E-state index contributed by atoms with van der Waals surface area (Å²) < 4.78 is 0. The van der Waals surface area contributed by atoms with Gasteiger partial charge in [0.15, 0.2) is 0 Å². The van der Waals surface area contributed by atoms with E-state index in [1.54, 1.807) is 6.92 Å². The molecule has 0 rings (SSSR count). The van der Waals surface area contributed by atoms with Gasteiger partial charge < -0.3 is 16.4 Å². The Morgan fingerprint density at radius 1 is 1.50 bits per heavy atom. The third-order valence-electron chi connectivity index (χ3n) is 1.60. The van der Waals surface area contributed by atoms with E-state index < -0.39 is 12.1 Å². The third kappa shape index (κ3) is 6.05. The van der Waals surface area contributed by atoms with Crippen molar-refractivity contribution in [3.63, 3.8) is 0 Å². The average molecular weight is 199 g/mol. The molecule has 5 nitrogen and oxygen atoms in total. The number of nitrogens with one attached hydrogen (secondary N) is 2. The molecule has 3 amide bonds. The highest BCUT2D eigenvalue weighted by atomic mass is 16.2. The predicted octanol–water partition coefficient (Wildman–Crippen LogP) is 0.126. The first kappa shape index (κ1) is 12.5. The molecule has 0 saturated carbocycles. The lowest BCUT2D eigenvalue weighted by atomic mass is 10.3. The van der Waals surface area contributed by atoms with E-state index in [0.29, 0.717) is 6.54 Å². The van der Waals surface area contributed by atoms with E-state index in [9.17, 15) is 9.59 Å². The van der Waals surface area contributed by atoms with Gasteiger partial charge in [-0.05, 0) is 20.3 Å². The summed E-state index contributed by atoms with van der Waals surface area (Å²) in [6.45, 7) is 4.06. The number of carbonyl (C=O) groups is 2. The number of amides is 3. The molecular formula is C9H17N3O2. The van der Waals surface area contributed by atoms with Crippen LogP contribution in [-0.4, -0.2) is 24.5 Å². The Morgan fingerprint density at radius 3 is 2.64 bits per heavy atom. The number of nitrogens with two attached hydrogens (primary N) is 1. The first-order valence-electron chi connectivity index (χ1n) is 4.52. The van der Waals surface area contributed by atoms with Crippen molar-refractivity contribution in [3.8, 4) is 0 Å². The largest absolute Gasteiger partial charge is 0.354 e. The molecule has 0 aliphatic heterocycles. The van der Waals surface area contributed by atoms with Crippen molar-refractivity contribution < 1.29 is 9.59 Å². The van der Waals surface area contributed by atoms with E-state index in [0.717, 1.165) is 6.42 Å². The van der Waals surface area contributed by atoms with Crippen molar-refractivity contribution in [2.24, 2.45) is 5.73 Å². The predicted molar refractivity (Wildman–Crippen MR) is 54.6 cm³/mol. The number of hydrogen-bond acceptors (Lipinski definition) is 2. The smallest absolute Gasteiger partial charge is 0.312 e. The maximum absolute atomic E-state index is 11.2. The Hall–Kier alpha value is -1.52. The number of hydrogen-bond donors (Lipinski definition) is 3. The molecular weight excluding hydrogens is 182 g/mol. The Morgan fingerprint density at radius 2 is 2.14 bits per heavy atom. The second-order valence-electron chi connectivity index (χ2n) is 2.88. The summed E-state index contributed by atoms with van der Waals surface area (Å²) in [4.78, 5) is 21.6.